The summed E-state index contributed by atoms with van der Waals surface area (Å²) in [7, 11) is 0. The van der Waals surface area contributed by atoms with E-state index in [0.717, 1.165) is 26.1 Å². The third-order valence-electron chi connectivity index (χ3n) is 3.95. The van der Waals surface area contributed by atoms with Crippen LogP contribution in [0, 0.1) is 17.7 Å². The standard InChI is InChI=1S/C15H22FNO2/c1-2-17-8-7-12(9-17)13(10-18)11-19-15-6-4-3-5-14(15)16/h3-6,12-13,18H,2,7-11H2,1H3. The van der Waals surface area contributed by atoms with Crippen LogP contribution in [0.15, 0.2) is 24.3 Å². The zero-order chi connectivity index (χ0) is 13.7. The summed E-state index contributed by atoms with van der Waals surface area (Å²) in [6.07, 6.45) is 1.08. The number of nitrogens with zero attached hydrogens (tertiary/aromatic N) is 1. The quantitative estimate of drug-likeness (QED) is 0.857. The predicted molar refractivity (Wildman–Crippen MR) is 72.7 cm³/mol. The number of hydrogen-bond acceptors (Lipinski definition) is 3. The number of likely N-dealkylation sites (tertiary alicyclic amines) is 1. The summed E-state index contributed by atoms with van der Waals surface area (Å²) < 4.78 is 19.0. The van der Waals surface area contributed by atoms with E-state index in [4.69, 9.17) is 4.74 Å². The van der Waals surface area contributed by atoms with E-state index in [-0.39, 0.29) is 24.1 Å². The first-order chi connectivity index (χ1) is 9.24. The van der Waals surface area contributed by atoms with Crippen LogP contribution in [0.4, 0.5) is 4.39 Å². The molecule has 0 saturated carbocycles. The number of hydrogen-bond donors (Lipinski definition) is 1. The second-order valence-corrected chi connectivity index (χ2v) is 5.13. The van der Waals surface area contributed by atoms with Crippen molar-refractivity contribution < 1.29 is 14.2 Å². The summed E-state index contributed by atoms with van der Waals surface area (Å²) in [5.74, 6) is 0.444. The highest BCUT2D eigenvalue weighted by molar-refractivity contribution is 5.23. The molecule has 1 fully saturated rings. The molecule has 2 rings (SSSR count). The molecule has 1 aliphatic rings. The Kier molecular flexibility index (Phi) is 5.16. The highest BCUT2D eigenvalue weighted by atomic mass is 19.1. The summed E-state index contributed by atoms with van der Waals surface area (Å²) in [5.41, 5.74) is 0. The first-order valence-corrected chi connectivity index (χ1v) is 6.95. The van der Waals surface area contributed by atoms with Gasteiger partial charge in [0.05, 0.1) is 6.61 Å². The van der Waals surface area contributed by atoms with Crippen LogP contribution < -0.4 is 4.74 Å². The molecule has 0 bridgehead atoms. The van der Waals surface area contributed by atoms with Crippen LogP contribution >= 0.6 is 0 Å². The van der Waals surface area contributed by atoms with E-state index >= 15 is 0 Å². The average molecular weight is 267 g/mol. The number of aliphatic hydroxyl groups is 1. The minimum Gasteiger partial charge on any atom is -0.490 e. The molecular weight excluding hydrogens is 245 g/mol. The van der Waals surface area contributed by atoms with Crippen molar-refractivity contribution in [2.75, 3.05) is 32.8 Å². The minimum absolute atomic E-state index is 0.0798. The lowest BCUT2D eigenvalue weighted by molar-refractivity contribution is 0.116. The molecule has 0 aliphatic carbocycles. The normalized spacial score (nSPS) is 21.5. The topological polar surface area (TPSA) is 32.7 Å². The van der Waals surface area contributed by atoms with Crippen LogP contribution in [0.2, 0.25) is 0 Å². The molecule has 1 saturated heterocycles. The molecule has 4 heteroatoms. The van der Waals surface area contributed by atoms with E-state index in [1.165, 1.54) is 6.07 Å². The van der Waals surface area contributed by atoms with Gasteiger partial charge < -0.3 is 14.7 Å². The molecule has 0 radical (unpaired) electrons. The van der Waals surface area contributed by atoms with Gasteiger partial charge >= 0.3 is 0 Å². The van der Waals surface area contributed by atoms with Crippen molar-refractivity contribution in [3.8, 4) is 5.75 Å². The third kappa shape index (κ3) is 3.67. The SMILES string of the molecule is CCN1CCC(C(CO)COc2ccccc2F)C1. The lowest BCUT2D eigenvalue weighted by atomic mass is 9.93. The lowest BCUT2D eigenvalue weighted by Crippen LogP contribution is -2.28. The average Bonchev–Trinajstić information content (AvgIpc) is 2.90. The Labute approximate surface area is 114 Å². The van der Waals surface area contributed by atoms with Crippen molar-refractivity contribution in [1.82, 2.24) is 4.90 Å². The maximum atomic E-state index is 13.4. The van der Waals surface area contributed by atoms with E-state index in [0.29, 0.717) is 12.5 Å². The van der Waals surface area contributed by atoms with Crippen LogP contribution in [-0.4, -0.2) is 42.9 Å². The number of rotatable bonds is 6. The second-order valence-electron chi connectivity index (χ2n) is 5.13. The highest BCUT2D eigenvalue weighted by Gasteiger charge is 2.28. The Bertz CT molecular complexity index is 399. The van der Waals surface area contributed by atoms with E-state index in [9.17, 15) is 9.50 Å². The van der Waals surface area contributed by atoms with Gasteiger partial charge in [-0.1, -0.05) is 19.1 Å². The highest BCUT2D eigenvalue weighted by Crippen LogP contribution is 2.25. The van der Waals surface area contributed by atoms with Gasteiger partial charge in [0.15, 0.2) is 11.6 Å². The molecule has 2 unspecified atom stereocenters. The fourth-order valence-electron chi connectivity index (χ4n) is 2.63. The molecule has 1 N–H and O–H groups in total. The van der Waals surface area contributed by atoms with Crippen LogP contribution in [0.5, 0.6) is 5.75 Å². The Balaban J connectivity index is 1.88. The molecule has 1 heterocycles. The number of aliphatic hydroxyl groups excluding tert-OH is 1. The molecule has 0 aromatic heterocycles. The van der Waals surface area contributed by atoms with E-state index < -0.39 is 0 Å². The van der Waals surface area contributed by atoms with Crippen LogP contribution in [-0.2, 0) is 0 Å². The van der Waals surface area contributed by atoms with Crippen molar-refractivity contribution in [3.63, 3.8) is 0 Å². The fourth-order valence-corrected chi connectivity index (χ4v) is 2.63. The van der Waals surface area contributed by atoms with E-state index in [1.807, 2.05) is 0 Å². The lowest BCUT2D eigenvalue weighted by Gasteiger charge is -2.22. The van der Waals surface area contributed by atoms with Crippen LogP contribution in [0.1, 0.15) is 13.3 Å². The third-order valence-corrected chi connectivity index (χ3v) is 3.95. The van der Waals surface area contributed by atoms with Crippen LogP contribution in [0.3, 0.4) is 0 Å². The molecule has 0 spiro atoms. The number of benzene rings is 1. The van der Waals surface area contributed by atoms with E-state index in [2.05, 4.69) is 11.8 Å². The summed E-state index contributed by atoms with van der Waals surface area (Å²) >= 11 is 0. The van der Waals surface area contributed by atoms with Gasteiger partial charge in [-0.05, 0) is 37.6 Å². The molecule has 1 aromatic carbocycles. The first-order valence-electron chi connectivity index (χ1n) is 6.95. The summed E-state index contributed by atoms with van der Waals surface area (Å²) in [6.45, 7) is 5.74. The van der Waals surface area contributed by atoms with Crippen LogP contribution in [0.25, 0.3) is 0 Å². The van der Waals surface area contributed by atoms with Gasteiger partial charge in [-0.15, -0.1) is 0 Å². The maximum absolute atomic E-state index is 13.4. The van der Waals surface area contributed by atoms with Crippen molar-refractivity contribution in [2.24, 2.45) is 11.8 Å². The first kappa shape index (κ1) is 14.3. The largest absolute Gasteiger partial charge is 0.490 e. The van der Waals surface area contributed by atoms with Gasteiger partial charge in [0.2, 0.25) is 0 Å². The number of halogens is 1. The summed E-state index contributed by atoms with van der Waals surface area (Å²) in [4.78, 5) is 2.37. The molecule has 0 amide bonds. The zero-order valence-corrected chi connectivity index (χ0v) is 11.4. The van der Waals surface area contributed by atoms with E-state index in [1.54, 1.807) is 18.2 Å². The van der Waals surface area contributed by atoms with Gasteiger partial charge in [-0.25, -0.2) is 4.39 Å². The molecule has 3 nitrogen and oxygen atoms in total. The van der Waals surface area contributed by atoms with Gasteiger partial charge in [0, 0.05) is 19.1 Å². The Hall–Kier alpha value is -1.13. The molecule has 1 aliphatic heterocycles. The van der Waals surface area contributed by atoms with Gasteiger partial charge in [-0.2, -0.15) is 0 Å². The van der Waals surface area contributed by atoms with Gasteiger partial charge in [0.25, 0.3) is 0 Å². The Morgan fingerprint density at radius 2 is 2.26 bits per heavy atom. The molecule has 2 atom stereocenters. The molecular formula is C15H22FNO2. The minimum atomic E-state index is -0.346. The molecule has 106 valence electrons. The van der Waals surface area contributed by atoms with Crippen molar-refractivity contribution in [2.45, 2.75) is 13.3 Å². The van der Waals surface area contributed by atoms with Crippen molar-refractivity contribution in [3.05, 3.63) is 30.1 Å². The zero-order valence-electron chi connectivity index (χ0n) is 11.4. The monoisotopic (exact) mass is 267 g/mol. The summed E-state index contributed by atoms with van der Waals surface area (Å²) in [5, 5.41) is 9.50. The Morgan fingerprint density at radius 1 is 1.47 bits per heavy atom. The molecule has 19 heavy (non-hydrogen) atoms. The Morgan fingerprint density at radius 3 is 2.89 bits per heavy atom. The number of ether oxygens (including phenoxy) is 1. The van der Waals surface area contributed by atoms with Crippen molar-refractivity contribution >= 4 is 0 Å². The summed E-state index contributed by atoms with van der Waals surface area (Å²) in [6, 6.07) is 6.40. The predicted octanol–water partition coefficient (Wildman–Crippen LogP) is 2.15. The van der Waals surface area contributed by atoms with Gasteiger partial charge in [0.1, 0.15) is 0 Å². The van der Waals surface area contributed by atoms with Crippen molar-refractivity contribution in [1.29, 1.82) is 0 Å². The maximum Gasteiger partial charge on any atom is 0.165 e. The number of para-hydroxylation sites is 1. The molecule has 1 aromatic rings. The van der Waals surface area contributed by atoms with Gasteiger partial charge in [-0.3, -0.25) is 0 Å². The smallest absolute Gasteiger partial charge is 0.165 e. The fraction of sp³-hybridized carbons (Fsp3) is 0.600. The second kappa shape index (κ2) is 6.87.